The van der Waals surface area contributed by atoms with Gasteiger partial charge in [-0.1, -0.05) is 62.3 Å². The van der Waals surface area contributed by atoms with E-state index in [1.54, 1.807) is 0 Å². The van der Waals surface area contributed by atoms with E-state index in [0.29, 0.717) is 43.4 Å². The van der Waals surface area contributed by atoms with Gasteiger partial charge in [0.05, 0.1) is 0 Å². The quantitative estimate of drug-likeness (QED) is 0.658. The van der Waals surface area contributed by atoms with E-state index in [9.17, 15) is 0 Å². The molecule has 0 saturated carbocycles. The summed E-state index contributed by atoms with van der Waals surface area (Å²) in [5.74, 6) is 3.21. The Morgan fingerprint density at radius 2 is 1.33 bits per heavy atom. The first-order chi connectivity index (χ1) is 9.59. The molecule has 0 aliphatic carbocycles. The highest BCUT2D eigenvalue weighted by Crippen LogP contribution is 2.43. The molecule has 0 aromatic heterocycles. The molecule has 0 spiro atoms. The van der Waals surface area contributed by atoms with Gasteiger partial charge in [0.1, 0.15) is 0 Å². The Hall–Kier alpha value is 0.0748. The maximum atomic E-state index is 3.78. The van der Waals surface area contributed by atoms with Gasteiger partial charge in [0.2, 0.25) is 0 Å². The summed E-state index contributed by atoms with van der Waals surface area (Å²) in [6.07, 6.45) is 0. The highest BCUT2D eigenvalue weighted by molar-refractivity contribution is 6.83. The highest BCUT2D eigenvalue weighted by atomic mass is 15.0. The normalized spacial score (nSPS) is 21.5. The third-order valence-electron chi connectivity index (χ3n) is 6.31. The lowest BCUT2D eigenvalue weighted by atomic mass is 9.41. The fourth-order valence-electron chi connectivity index (χ4n) is 3.20. The van der Waals surface area contributed by atoms with Crippen LogP contribution >= 0.6 is 0 Å². The Morgan fingerprint density at radius 3 is 1.81 bits per heavy atom. The van der Waals surface area contributed by atoms with Crippen LogP contribution in [0.4, 0.5) is 0 Å². The second-order valence-corrected chi connectivity index (χ2v) is 8.35. The smallest absolute Gasteiger partial charge is 0.287 e. The molecule has 0 aromatic carbocycles. The number of nitrogens with one attached hydrogen (secondary N) is 3. The van der Waals surface area contributed by atoms with Crippen LogP contribution in [0.15, 0.2) is 0 Å². The third-order valence-corrected chi connectivity index (χ3v) is 6.31. The number of rotatable bonds is 6. The van der Waals surface area contributed by atoms with Crippen molar-refractivity contribution in [2.24, 2.45) is 23.2 Å². The van der Waals surface area contributed by atoms with Crippen LogP contribution in [0.25, 0.3) is 0 Å². The summed E-state index contributed by atoms with van der Waals surface area (Å²) in [6.45, 7) is 21.8. The molecule has 0 aromatic rings. The Labute approximate surface area is 134 Å². The van der Waals surface area contributed by atoms with Crippen molar-refractivity contribution in [3.05, 3.63) is 0 Å². The number of hydrogen-bond acceptors (Lipinski definition) is 3. The molecule has 0 amide bonds. The molecule has 3 unspecified atom stereocenters. The van der Waals surface area contributed by atoms with Gasteiger partial charge in [-0.05, 0) is 34.8 Å². The third kappa shape index (κ3) is 4.52. The first-order valence-corrected chi connectivity index (χ1v) is 8.68. The van der Waals surface area contributed by atoms with E-state index in [1.165, 1.54) is 0 Å². The molecule has 3 nitrogen and oxygen atoms in total. The number of hydrogen-bond donors (Lipinski definition) is 3. The fraction of sp³-hybridized carbons (Fsp3) is 1.00. The predicted molar refractivity (Wildman–Crippen MR) is 98.1 cm³/mol. The first-order valence-electron chi connectivity index (χ1n) is 8.68. The second-order valence-electron chi connectivity index (χ2n) is 8.35. The molecule has 3 N–H and O–H groups in total. The minimum atomic E-state index is 0.287. The standard InChI is InChI=1S/C15H35B3N3/c1-10(2)12(5)15(8,9)14(7)18-20-16-19-17(21-18)13(6)11(3)4/h10-14,19-21H,1-9H3. The summed E-state index contributed by atoms with van der Waals surface area (Å²) >= 11 is 0. The zero-order chi connectivity index (χ0) is 16.4. The minimum Gasteiger partial charge on any atom is -0.375 e. The monoisotopic (exact) mass is 290 g/mol. The van der Waals surface area contributed by atoms with E-state index in [2.05, 4.69) is 77.7 Å². The van der Waals surface area contributed by atoms with Crippen molar-refractivity contribution in [1.82, 2.24) is 15.4 Å². The van der Waals surface area contributed by atoms with Crippen LogP contribution in [-0.2, 0) is 0 Å². The van der Waals surface area contributed by atoms with Crippen LogP contribution in [0, 0.1) is 23.2 Å². The topological polar surface area (TPSA) is 36.1 Å². The average Bonchev–Trinajstić information content (AvgIpc) is 2.44. The molecular formula is C15H35B3N3. The highest BCUT2D eigenvalue weighted by Gasteiger charge is 2.43. The van der Waals surface area contributed by atoms with Gasteiger partial charge in [-0.15, -0.1) is 0 Å². The zero-order valence-corrected chi connectivity index (χ0v) is 15.6. The summed E-state index contributed by atoms with van der Waals surface area (Å²) in [5.41, 5.74) is 0.287. The van der Waals surface area contributed by atoms with Gasteiger partial charge in [0.15, 0.2) is 0 Å². The zero-order valence-electron chi connectivity index (χ0n) is 15.6. The van der Waals surface area contributed by atoms with Gasteiger partial charge < -0.3 is 15.4 Å². The molecule has 1 saturated heterocycles. The molecule has 1 heterocycles. The molecule has 1 rings (SSSR count). The van der Waals surface area contributed by atoms with Crippen molar-refractivity contribution in [3.8, 4) is 0 Å². The van der Waals surface area contributed by atoms with Crippen molar-refractivity contribution in [2.75, 3.05) is 0 Å². The largest absolute Gasteiger partial charge is 0.375 e. The molecule has 6 heteroatoms. The summed E-state index contributed by atoms with van der Waals surface area (Å²) in [4.78, 5) is 0. The van der Waals surface area contributed by atoms with Gasteiger partial charge in [-0.3, -0.25) is 0 Å². The summed E-state index contributed by atoms with van der Waals surface area (Å²) in [6, 6.07) is 0. The Balaban J connectivity index is 2.75. The second kappa shape index (κ2) is 7.56. The molecule has 1 aliphatic heterocycles. The van der Waals surface area contributed by atoms with Crippen LogP contribution < -0.4 is 15.4 Å². The van der Waals surface area contributed by atoms with Crippen molar-refractivity contribution < 1.29 is 0 Å². The average molecular weight is 290 g/mol. The lowest BCUT2D eigenvalue weighted by Crippen LogP contribution is -2.73. The maximum absolute atomic E-state index is 3.78. The van der Waals surface area contributed by atoms with E-state index in [-0.39, 0.29) is 5.41 Å². The minimum absolute atomic E-state index is 0.287. The van der Waals surface area contributed by atoms with Crippen molar-refractivity contribution in [2.45, 2.75) is 73.9 Å². The lowest BCUT2D eigenvalue weighted by molar-refractivity contribution is 0.165. The molecule has 119 valence electrons. The van der Waals surface area contributed by atoms with E-state index in [1.807, 2.05) is 7.55 Å². The van der Waals surface area contributed by atoms with Crippen LogP contribution in [0.5, 0.6) is 0 Å². The van der Waals surface area contributed by atoms with Gasteiger partial charge in [0.25, 0.3) is 21.5 Å². The van der Waals surface area contributed by atoms with Crippen LogP contribution in [0.2, 0.25) is 11.6 Å². The molecule has 3 atom stereocenters. The summed E-state index contributed by atoms with van der Waals surface area (Å²) in [5, 5.41) is 10.7. The van der Waals surface area contributed by atoms with Crippen LogP contribution in [-0.4, -0.2) is 21.5 Å². The van der Waals surface area contributed by atoms with Crippen molar-refractivity contribution in [1.29, 1.82) is 0 Å². The predicted octanol–water partition coefficient (Wildman–Crippen LogP) is 3.03. The Bertz CT molecular complexity index is 323. The van der Waals surface area contributed by atoms with Gasteiger partial charge in [-0.25, -0.2) is 0 Å². The van der Waals surface area contributed by atoms with E-state index in [0.717, 1.165) is 0 Å². The van der Waals surface area contributed by atoms with Gasteiger partial charge in [0, 0.05) is 0 Å². The Kier molecular flexibility index (Phi) is 6.89. The van der Waals surface area contributed by atoms with Crippen LogP contribution in [0.3, 0.4) is 0 Å². The lowest BCUT2D eigenvalue weighted by Gasteiger charge is -2.45. The molecule has 21 heavy (non-hydrogen) atoms. The summed E-state index contributed by atoms with van der Waals surface area (Å²) < 4.78 is 0. The fourth-order valence-corrected chi connectivity index (χ4v) is 3.20. The van der Waals surface area contributed by atoms with Crippen molar-refractivity contribution >= 4 is 21.5 Å². The maximum Gasteiger partial charge on any atom is 0.287 e. The molecule has 1 aliphatic rings. The van der Waals surface area contributed by atoms with Crippen LogP contribution in [0.1, 0.15) is 62.3 Å². The van der Waals surface area contributed by atoms with E-state index >= 15 is 0 Å². The molecule has 1 radical (unpaired) electrons. The van der Waals surface area contributed by atoms with Gasteiger partial charge in [-0.2, -0.15) is 0 Å². The van der Waals surface area contributed by atoms with Crippen molar-refractivity contribution in [3.63, 3.8) is 0 Å². The Morgan fingerprint density at radius 1 is 0.810 bits per heavy atom. The van der Waals surface area contributed by atoms with Gasteiger partial charge >= 0.3 is 0 Å². The molecule has 0 bridgehead atoms. The van der Waals surface area contributed by atoms with E-state index in [4.69, 9.17) is 0 Å². The SMILES string of the molecule is CC(C)C(C)B1N[B]NB(C(C)C(C)(C)C(C)C(C)C)N1. The summed E-state index contributed by atoms with van der Waals surface area (Å²) in [7, 11) is 2.04. The molecular weight excluding hydrogens is 255 g/mol. The molecule has 1 fully saturated rings. The van der Waals surface area contributed by atoms with E-state index < -0.39 is 0 Å². The first kappa shape index (κ1) is 19.1.